The smallest absolute Gasteiger partial charge is 0.216 e. The second-order valence-corrected chi connectivity index (χ2v) is 26.2. The predicted octanol–water partition coefficient (Wildman–Crippen LogP) is 15.3. The largest absolute Gasteiger partial charge is 0.486 e. The van der Waals surface area contributed by atoms with E-state index in [1.807, 2.05) is 24.5 Å². The third-order valence-corrected chi connectivity index (χ3v) is 14.5. The molecule has 5 heterocycles. The first kappa shape index (κ1) is 48.7. The van der Waals surface area contributed by atoms with Gasteiger partial charge in [-0.25, -0.2) is 4.98 Å². The van der Waals surface area contributed by atoms with Crippen LogP contribution in [-0.2, 0) is 31.9 Å². The maximum atomic E-state index is 6.53. The molecule has 0 unspecified atom stereocenters. The number of pyridine rings is 3. The second kappa shape index (κ2) is 19.1. The molecule has 0 atom stereocenters. The molecule has 0 aliphatic carbocycles. The van der Waals surface area contributed by atoms with Crippen LogP contribution in [0.1, 0.15) is 122 Å². The molecule has 9 rings (SSSR count). The van der Waals surface area contributed by atoms with Crippen molar-refractivity contribution in [3.63, 3.8) is 0 Å². The van der Waals surface area contributed by atoms with Gasteiger partial charge in [0.1, 0.15) is 0 Å². The number of furan rings is 1. The molecule has 0 aliphatic rings. The van der Waals surface area contributed by atoms with Crippen molar-refractivity contribution in [3.8, 4) is 28.3 Å². The fraction of sp³-hybridized carbons (Fsp3) is 0.345. The molecule has 5 aromatic heterocycles. The Hall–Kier alpha value is -5.27. The third-order valence-electron chi connectivity index (χ3n) is 12.5. The van der Waals surface area contributed by atoms with Crippen molar-refractivity contribution in [1.82, 2.24) is 24.5 Å². The van der Waals surface area contributed by atoms with Gasteiger partial charge in [0, 0.05) is 49.3 Å². The van der Waals surface area contributed by atoms with E-state index in [-0.39, 0.29) is 31.4 Å². The standard InChI is InChI=1S/C36H33N4O.C22H32NSi.Ir/c1-20(2)28-18-23-10-7-8-11-24(23)32(22(5)6)33(28)40-31-16-17-37-19-30(31)38-35(40)27-13-9-12-25-26-14-15-29(21(3)4)39-36(26)41-34(25)27;1-16(2)12-18-14-20(23-15-21(18)24(6,7)8)17-10-9-11-19(13-17)22(3,4)5;/h7-12,14-22H,1-6H3;9,11,13-16H,12H2,1-8H3;/q2*-1;. The van der Waals surface area contributed by atoms with Gasteiger partial charge in [0.15, 0.2) is 0 Å². The van der Waals surface area contributed by atoms with Crippen molar-refractivity contribution in [2.24, 2.45) is 5.92 Å². The van der Waals surface area contributed by atoms with Crippen LogP contribution >= 0.6 is 0 Å². The summed E-state index contributed by atoms with van der Waals surface area (Å²) in [5.74, 6) is 2.34. The molecule has 66 heavy (non-hydrogen) atoms. The first-order chi connectivity index (χ1) is 30.8. The molecular formula is C58H65IrN5OSi-2. The Labute approximate surface area is 407 Å². The summed E-state index contributed by atoms with van der Waals surface area (Å²) in [6.45, 7) is 31.9. The first-order valence-electron chi connectivity index (χ1n) is 23.5. The summed E-state index contributed by atoms with van der Waals surface area (Å²) in [5, 5.41) is 6.03. The molecular weight excluding hydrogens is 1000 g/mol. The number of imidazole rings is 1. The Bertz CT molecular complexity index is 3180. The number of nitrogens with zero attached hydrogens (tertiary/aromatic N) is 5. The van der Waals surface area contributed by atoms with Crippen molar-refractivity contribution >= 4 is 57.1 Å². The van der Waals surface area contributed by atoms with Gasteiger partial charge in [-0.1, -0.05) is 143 Å². The molecule has 343 valence electrons. The molecule has 8 heteroatoms. The summed E-state index contributed by atoms with van der Waals surface area (Å²) in [6, 6.07) is 37.0. The van der Waals surface area contributed by atoms with Gasteiger partial charge in [-0.2, -0.15) is 0 Å². The van der Waals surface area contributed by atoms with Crippen LogP contribution in [0.2, 0.25) is 19.6 Å². The van der Waals surface area contributed by atoms with Gasteiger partial charge < -0.3 is 14.0 Å². The molecule has 0 bridgehead atoms. The van der Waals surface area contributed by atoms with Crippen LogP contribution in [0.15, 0.2) is 108 Å². The van der Waals surface area contributed by atoms with Gasteiger partial charge in [-0.3, -0.25) is 9.97 Å². The average molecular weight is 1070 g/mol. The summed E-state index contributed by atoms with van der Waals surface area (Å²) < 4.78 is 8.85. The number of hydrogen-bond donors (Lipinski definition) is 0. The van der Waals surface area contributed by atoms with Crippen LogP contribution in [0.3, 0.4) is 0 Å². The molecule has 0 saturated heterocycles. The van der Waals surface area contributed by atoms with Crippen LogP contribution in [0.4, 0.5) is 0 Å². The predicted molar refractivity (Wildman–Crippen MR) is 277 cm³/mol. The van der Waals surface area contributed by atoms with Crippen LogP contribution in [0, 0.1) is 18.1 Å². The van der Waals surface area contributed by atoms with Gasteiger partial charge in [0.05, 0.1) is 36.7 Å². The minimum atomic E-state index is -1.38. The summed E-state index contributed by atoms with van der Waals surface area (Å²) in [4.78, 5) is 19.3. The zero-order valence-corrected chi connectivity index (χ0v) is 44.7. The number of benzene rings is 4. The van der Waals surface area contributed by atoms with Gasteiger partial charge in [-0.05, 0) is 92.6 Å². The van der Waals surface area contributed by atoms with Crippen LogP contribution in [-0.4, -0.2) is 32.6 Å². The fourth-order valence-corrected chi connectivity index (χ4v) is 10.7. The molecule has 0 saturated carbocycles. The van der Waals surface area contributed by atoms with E-state index in [2.05, 4.69) is 196 Å². The maximum Gasteiger partial charge on any atom is 0.216 e. The van der Waals surface area contributed by atoms with E-state index in [4.69, 9.17) is 19.4 Å². The van der Waals surface area contributed by atoms with Crippen LogP contribution in [0.25, 0.3) is 72.2 Å². The van der Waals surface area contributed by atoms with E-state index in [0.29, 0.717) is 23.5 Å². The minimum Gasteiger partial charge on any atom is -0.486 e. The average Bonchev–Trinajstić information content (AvgIpc) is 3.83. The van der Waals surface area contributed by atoms with E-state index in [9.17, 15) is 0 Å². The normalized spacial score (nSPS) is 12.3. The van der Waals surface area contributed by atoms with Gasteiger partial charge in [-0.15, -0.1) is 53.6 Å². The number of hydrogen-bond acceptors (Lipinski definition) is 5. The number of rotatable bonds is 9. The zero-order chi connectivity index (χ0) is 46.5. The Kier molecular flexibility index (Phi) is 14.1. The van der Waals surface area contributed by atoms with E-state index in [0.717, 1.165) is 62.1 Å². The molecule has 1 radical (unpaired) electrons. The van der Waals surface area contributed by atoms with E-state index >= 15 is 0 Å². The van der Waals surface area contributed by atoms with Crippen molar-refractivity contribution in [2.45, 2.75) is 125 Å². The second-order valence-electron chi connectivity index (χ2n) is 21.2. The Balaban J connectivity index is 0.000000223. The Morgan fingerprint density at radius 1 is 0.742 bits per heavy atom. The summed E-state index contributed by atoms with van der Waals surface area (Å²) >= 11 is 0. The van der Waals surface area contributed by atoms with Crippen molar-refractivity contribution in [2.75, 3.05) is 0 Å². The molecule has 0 spiro atoms. The minimum absolute atomic E-state index is 0. The summed E-state index contributed by atoms with van der Waals surface area (Å²) in [5.41, 5.74) is 14.0. The maximum absolute atomic E-state index is 6.53. The topological polar surface area (TPSA) is 69.6 Å². The number of fused-ring (bicyclic) bond motifs is 5. The van der Waals surface area contributed by atoms with Crippen molar-refractivity contribution in [3.05, 3.63) is 144 Å². The van der Waals surface area contributed by atoms with Gasteiger partial charge in [0.25, 0.3) is 0 Å². The van der Waals surface area contributed by atoms with Gasteiger partial charge >= 0.3 is 0 Å². The summed E-state index contributed by atoms with van der Waals surface area (Å²) in [6.07, 6.45) is 6.94. The van der Waals surface area contributed by atoms with E-state index in [1.165, 1.54) is 43.9 Å². The third kappa shape index (κ3) is 9.61. The molecule has 9 aromatic rings. The van der Waals surface area contributed by atoms with Crippen LogP contribution in [0.5, 0.6) is 0 Å². The zero-order valence-electron chi connectivity index (χ0n) is 41.3. The Morgan fingerprint density at radius 3 is 2.17 bits per heavy atom. The van der Waals surface area contributed by atoms with Crippen LogP contribution < -0.4 is 5.19 Å². The van der Waals surface area contributed by atoms with E-state index < -0.39 is 8.07 Å². The first-order valence-corrected chi connectivity index (χ1v) is 27.0. The monoisotopic (exact) mass is 1070 g/mol. The van der Waals surface area contributed by atoms with Crippen molar-refractivity contribution in [1.29, 1.82) is 0 Å². The number of aromatic nitrogens is 5. The molecule has 0 N–H and O–H groups in total. The van der Waals surface area contributed by atoms with Gasteiger partial charge in [0.2, 0.25) is 5.71 Å². The fourth-order valence-electron chi connectivity index (χ4n) is 9.12. The summed E-state index contributed by atoms with van der Waals surface area (Å²) in [7, 11) is -1.38. The molecule has 0 fully saturated rings. The Morgan fingerprint density at radius 2 is 1.48 bits per heavy atom. The SMILES string of the molecule is CC(C)Cc1cc(-c2[c-]ccc(C(C)(C)C)c2)ncc1[Si](C)(C)C.CC(C)c1ccc2c(n1)oc1c(-c3nc4cnccc4n3-c3c(C(C)C)cc4ccccc4c3C(C)C)[c-]ccc12.[Ir]. The quantitative estimate of drug-likeness (QED) is 0.106. The van der Waals surface area contributed by atoms with Crippen molar-refractivity contribution < 1.29 is 24.5 Å². The molecule has 4 aromatic carbocycles. The molecule has 6 nitrogen and oxygen atoms in total. The molecule has 0 amide bonds. The van der Waals surface area contributed by atoms with E-state index in [1.54, 1.807) is 0 Å². The molecule has 0 aliphatic heterocycles.